The van der Waals surface area contributed by atoms with Gasteiger partial charge in [0.2, 0.25) is 5.91 Å². The molecule has 0 aromatic carbocycles. The van der Waals surface area contributed by atoms with Crippen LogP contribution in [0.3, 0.4) is 0 Å². The van der Waals surface area contributed by atoms with Crippen LogP contribution in [0.15, 0.2) is 12.7 Å². The third kappa shape index (κ3) is 7.14. The third-order valence-electron chi connectivity index (χ3n) is 6.85. The lowest BCUT2D eigenvalue weighted by atomic mass is 9.95. The van der Waals surface area contributed by atoms with E-state index in [1.807, 2.05) is 0 Å². The second kappa shape index (κ2) is 14.7. The zero-order chi connectivity index (χ0) is 29.7. The van der Waals surface area contributed by atoms with E-state index in [2.05, 4.69) is 11.9 Å². The van der Waals surface area contributed by atoms with Crippen molar-refractivity contribution in [2.45, 2.75) is 99.0 Å². The number of carbonyl (C=O) groups excluding carboxylic acids is 1. The lowest BCUT2D eigenvalue weighted by molar-refractivity contribution is -0.375. The van der Waals surface area contributed by atoms with Crippen molar-refractivity contribution >= 4 is 5.91 Å². The fraction of sp³-hybridized carbons (Fsp3) is 0.870. The van der Waals surface area contributed by atoms with Crippen LogP contribution in [0.25, 0.3) is 0 Å². The molecule has 0 unspecified atom stereocenters. The van der Waals surface area contributed by atoms with Gasteiger partial charge in [0.05, 0.1) is 26.4 Å². The number of aliphatic hydroxyl groups excluding tert-OH is 9. The second-order valence-electron chi connectivity index (χ2n) is 9.67. The summed E-state index contributed by atoms with van der Waals surface area (Å²) < 4.78 is 33.2. The monoisotopic (exact) mass is 585 g/mol. The average Bonchev–Trinajstić information content (AvgIpc) is 2.93. The third-order valence-corrected chi connectivity index (χ3v) is 6.85. The molecule has 40 heavy (non-hydrogen) atoms. The van der Waals surface area contributed by atoms with Gasteiger partial charge in [-0.1, -0.05) is 6.08 Å². The van der Waals surface area contributed by atoms with Gasteiger partial charge in [0.15, 0.2) is 18.9 Å². The molecule has 3 fully saturated rings. The second-order valence-corrected chi connectivity index (χ2v) is 9.67. The van der Waals surface area contributed by atoms with E-state index in [0.29, 0.717) is 0 Å². The Balaban J connectivity index is 1.82. The molecule has 0 radical (unpaired) electrons. The van der Waals surface area contributed by atoms with E-state index in [9.17, 15) is 50.8 Å². The average molecular weight is 586 g/mol. The Morgan fingerprint density at radius 2 is 1.25 bits per heavy atom. The van der Waals surface area contributed by atoms with Crippen LogP contribution in [0.5, 0.6) is 0 Å². The van der Waals surface area contributed by atoms with Crippen molar-refractivity contribution in [3.05, 3.63) is 12.7 Å². The van der Waals surface area contributed by atoms with Gasteiger partial charge in [-0.25, -0.2) is 0 Å². The van der Waals surface area contributed by atoms with E-state index >= 15 is 0 Å². The van der Waals surface area contributed by atoms with E-state index in [-0.39, 0.29) is 6.61 Å². The van der Waals surface area contributed by atoms with Gasteiger partial charge in [-0.05, 0) is 0 Å². The maximum absolute atomic E-state index is 11.8. The number of carbonyl (C=O) groups is 1. The standard InChI is InChI=1S/C23H39NO16/c1-3-4-35-21-12(24-8(2)28)15(31)19(11(7-27)38-21)39-23-18(34)20(14(30)10(6-26)37-23)40-22-17(33)16(32)13(29)9(5-25)36-22/h3,9-23,25-27,29-34H,1,4-7H2,2H3,(H,24,28)/t9-,10-,11-,12-,13+,14+,15-,16+,17-,18-,19-,20+,21-,22-,23+/m1/s1. The highest BCUT2D eigenvalue weighted by atomic mass is 16.8. The highest BCUT2D eigenvalue weighted by Crippen LogP contribution is 2.32. The lowest BCUT2D eigenvalue weighted by Crippen LogP contribution is -2.68. The van der Waals surface area contributed by atoms with E-state index < -0.39 is 118 Å². The summed E-state index contributed by atoms with van der Waals surface area (Å²) in [6.07, 6.45) is -21.2. The van der Waals surface area contributed by atoms with Crippen molar-refractivity contribution < 1.29 is 79.2 Å². The van der Waals surface area contributed by atoms with Gasteiger partial charge < -0.3 is 79.7 Å². The SMILES string of the molecule is C=CCO[C@@H]1O[C@H](CO)[C@@H](O[C@@H]2O[C@H](CO)[C@H](O)[C@H](O[C@H]3O[C@H](CO)[C@H](O)[C@H](O)[C@H]3O)[C@H]2O)[C@H](O)[C@H]1NC(C)=O. The first-order chi connectivity index (χ1) is 19.0. The topological polar surface area (TPSA) is 267 Å². The molecule has 17 heteroatoms. The molecule has 0 saturated carbocycles. The Labute approximate surface area is 229 Å². The first-order valence-corrected chi connectivity index (χ1v) is 12.7. The van der Waals surface area contributed by atoms with Crippen molar-refractivity contribution in [1.82, 2.24) is 5.32 Å². The zero-order valence-electron chi connectivity index (χ0n) is 21.7. The Hall–Kier alpha value is -1.39. The minimum absolute atomic E-state index is 0.0192. The van der Waals surface area contributed by atoms with Crippen molar-refractivity contribution in [3.63, 3.8) is 0 Å². The maximum atomic E-state index is 11.8. The fourth-order valence-corrected chi connectivity index (χ4v) is 4.74. The van der Waals surface area contributed by atoms with Gasteiger partial charge in [0, 0.05) is 6.92 Å². The smallest absolute Gasteiger partial charge is 0.217 e. The number of aliphatic hydroxyl groups is 9. The molecule has 0 aromatic heterocycles. The number of hydrogen-bond acceptors (Lipinski definition) is 16. The van der Waals surface area contributed by atoms with Crippen LogP contribution < -0.4 is 5.32 Å². The van der Waals surface area contributed by atoms with Crippen LogP contribution in [0.4, 0.5) is 0 Å². The summed E-state index contributed by atoms with van der Waals surface area (Å²) in [6.45, 7) is 2.42. The van der Waals surface area contributed by atoms with Crippen molar-refractivity contribution in [3.8, 4) is 0 Å². The number of hydrogen-bond donors (Lipinski definition) is 10. The predicted octanol–water partition coefficient (Wildman–Crippen LogP) is -6.22. The number of amides is 1. The molecule has 17 nitrogen and oxygen atoms in total. The van der Waals surface area contributed by atoms with Crippen LogP contribution in [0.2, 0.25) is 0 Å². The summed E-state index contributed by atoms with van der Waals surface area (Å²) in [4.78, 5) is 11.8. The molecular weight excluding hydrogens is 546 g/mol. The molecular formula is C23H39NO16. The summed E-state index contributed by atoms with van der Waals surface area (Å²) in [5, 5.41) is 94.7. The molecule has 3 aliphatic rings. The molecule has 3 heterocycles. The summed E-state index contributed by atoms with van der Waals surface area (Å²) in [6, 6.07) is -1.20. The summed E-state index contributed by atoms with van der Waals surface area (Å²) in [7, 11) is 0. The van der Waals surface area contributed by atoms with Crippen LogP contribution in [0.1, 0.15) is 6.92 Å². The van der Waals surface area contributed by atoms with E-state index in [1.165, 1.54) is 13.0 Å². The van der Waals surface area contributed by atoms with Crippen molar-refractivity contribution in [2.75, 3.05) is 26.4 Å². The Kier molecular flexibility index (Phi) is 12.1. The number of rotatable bonds is 11. The fourth-order valence-electron chi connectivity index (χ4n) is 4.74. The maximum Gasteiger partial charge on any atom is 0.217 e. The highest BCUT2D eigenvalue weighted by molar-refractivity contribution is 5.73. The Bertz CT molecular complexity index is 820. The van der Waals surface area contributed by atoms with Crippen LogP contribution in [0, 0.1) is 0 Å². The van der Waals surface area contributed by atoms with E-state index in [4.69, 9.17) is 28.4 Å². The van der Waals surface area contributed by atoms with E-state index in [0.717, 1.165) is 0 Å². The number of nitrogens with one attached hydrogen (secondary N) is 1. The highest BCUT2D eigenvalue weighted by Gasteiger charge is 2.54. The van der Waals surface area contributed by atoms with Gasteiger partial charge in [0.1, 0.15) is 73.2 Å². The van der Waals surface area contributed by atoms with Crippen molar-refractivity contribution in [1.29, 1.82) is 0 Å². The van der Waals surface area contributed by atoms with Gasteiger partial charge in [0.25, 0.3) is 0 Å². The molecule has 0 aromatic rings. The van der Waals surface area contributed by atoms with Gasteiger partial charge >= 0.3 is 0 Å². The minimum Gasteiger partial charge on any atom is -0.394 e. The summed E-state index contributed by atoms with van der Waals surface area (Å²) >= 11 is 0. The van der Waals surface area contributed by atoms with Crippen LogP contribution in [-0.4, -0.2) is 170 Å². The van der Waals surface area contributed by atoms with Crippen LogP contribution in [-0.2, 0) is 33.2 Å². The number of ether oxygens (including phenoxy) is 6. The first-order valence-electron chi connectivity index (χ1n) is 12.7. The molecule has 3 saturated heterocycles. The molecule has 3 rings (SSSR count). The normalized spacial score (nSPS) is 46.1. The molecule has 15 atom stereocenters. The van der Waals surface area contributed by atoms with Gasteiger partial charge in [-0.15, -0.1) is 6.58 Å². The Morgan fingerprint density at radius 1 is 0.725 bits per heavy atom. The first kappa shape index (κ1) is 33.1. The minimum atomic E-state index is -1.90. The Morgan fingerprint density at radius 3 is 1.80 bits per heavy atom. The summed E-state index contributed by atoms with van der Waals surface area (Å²) in [5.74, 6) is -0.550. The zero-order valence-corrected chi connectivity index (χ0v) is 21.7. The molecule has 0 bridgehead atoms. The summed E-state index contributed by atoms with van der Waals surface area (Å²) in [5.41, 5.74) is 0. The molecule has 0 spiro atoms. The predicted molar refractivity (Wildman–Crippen MR) is 127 cm³/mol. The quantitative estimate of drug-likeness (QED) is 0.101. The van der Waals surface area contributed by atoms with Gasteiger partial charge in [-0.2, -0.15) is 0 Å². The lowest BCUT2D eigenvalue weighted by Gasteiger charge is -2.48. The molecule has 3 aliphatic heterocycles. The van der Waals surface area contributed by atoms with Gasteiger partial charge in [-0.3, -0.25) is 4.79 Å². The van der Waals surface area contributed by atoms with Crippen LogP contribution >= 0.6 is 0 Å². The largest absolute Gasteiger partial charge is 0.394 e. The molecule has 0 aliphatic carbocycles. The van der Waals surface area contributed by atoms with E-state index in [1.54, 1.807) is 0 Å². The molecule has 232 valence electrons. The van der Waals surface area contributed by atoms with Crippen molar-refractivity contribution in [2.24, 2.45) is 0 Å². The molecule has 10 N–H and O–H groups in total. The molecule has 1 amide bonds.